The van der Waals surface area contributed by atoms with Crippen LogP contribution in [0.1, 0.15) is 5.56 Å². The van der Waals surface area contributed by atoms with Crippen LogP contribution in [0.2, 0.25) is 0 Å². The topological polar surface area (TPSA) is 60.7 Å². The van der Waals surface area contributed by atoms with Crippen molar-refractivity contribution in [2.45, 2.75) is 6.54 Å². The summed E-state index contributed by atoms with van der Waals surface area (Å²) in [7, 11) is 0. The third kappa shape index (κ3) is 3.10. The summed E-state index contributed by atoms with van der Waals surface area (Å²) in [6, 6.07) is 13.3. The maximum atomic E-state index is 14.9. The van der Waals surface area contributed by atoms with Gasteiger partial charge in [-0.25, -0.2) is 13.8 Å². The summed E-state index contributed by atoms with van der Waals surface area (Å²) in [5, 5.41) is 0.878. The van der Waals surface area contributed by atoms with Gasteiger partial charge in [0, 0.05) is 23.3 Å². The van der Waals surface area contributed by atoms with E-state index in [0.717, 1.165) is 17.1 Å². The Bertz CT molecular complexity index is 1460. The Morgan fingerprint density at radius 2 is 1.67 bits per heavy atom. The molecule has 0 aliphatic rings. The molecule has 3 aromatic heterocycles. The van der Waals surface area contributed by atoms with E-state index >= 15 is 0 Å². The van der Waals surface area contributed by atoms with E-state index in [1.807, 2.05) is 24.3 Å². The van der Waals surface area contributed by atoms with Crippen LogP contribution in [0.4, 0.5) is 8.78 Å². The number of hydrogen-bond donors (Lipinski definition) is 0. The summed E-state index contributed by atoms with van der Waals surface area (Å²) in [5.41, 5.74) is 2.19. The maximum absolute atomic E-state index is 14.9. The summed E-state index contributed by atoms with van der Waals surface area (Å²) >= 11 is 0. The molecule has 0 N–H and O–H groups in total. The van der Waals surface area contributed by atoms with Crippen molar-refractivity contribution in [3.63, 3.8) is 0 Å². The second-order valence-electron chi connectivity index (χ2n) is 6.88. The molecule has 0 saturated heterocycles. The van der Waals surface area contributed by atoms with Crippen LogP contribution in [0.25, 0.3) is 33.1 Å². The van der Waals surface area contributed by atoms with Crippen molar-refractivity contribution in [2.24, 2.45) is 0 Å². The summed E-state index contributed by atoms with van der Waals surface area (Å²) in [6.07, 6.45) is 5.81. The quantitative estimate of drug-likeness (QED) is 0.452. The van der Waals surface area contributed by atoms with E-state index in [1.165, 1.54) is 29.1 Å². The predicted octanol–water partition coefficient (Wildman–Crippen LogP) is 4.33. The molecule has 0 aliphatic carbocycles. The SMILES string of the molecule is O=c1cnc2cnccc2n1Cc1c(F)cc(-c2ccc3ncccc3c2)cc1F. The van der Waals surface area contributed by atoms with Crippen molar-refractivity contribution < 1.29 is 8.78 Å². The lowest BCUT2D eigenvalue weighted by Gasteiger charge is -2.12. The van der Waals surface area contributed by atoms with Crippen LogP contribution in [0.3, 0.4) is 0 Å². The van der Waals surface area contributed by atoms with Crippen molar-refractivity contribution in [3.8, 4) is 11.1 Å². The van der Waals surface area contributed by atoms with Gasteiger partial charge in [-0.1, -0.05) is 12.1 Å². The molecule has 146 valence electrons. The maximum Gasteiger partial charge on any atom is 0.269 e. The second-order valence-corrected chi connectivity index (χ2v) is 6.88. The van der Waals surface area contributed by atoms with Gasteiger partial charge in [-0.05, 0) is 47.5 Å². The fourth-order valence-electron chi connectivity index (χ4n) is 3.52. The fraction of sp³-hybridized carbons (Fsp3) is 0.0435. The standard InChI is InChI=1S/C23H14F2N4O/c24-18-9-16(14-3-4-20-15(8-14)2-1-6-27-20)10-19(25)17(18)13-29-22-5-7-26-11-21(22)28-12-23(29)30/h1-12H,13H2. The zero-order chi connectivity index (χ0) is 20.7. The highest BCUT2D eigenvalue weighted by molar-refractivity contribution is 5.84. The van der Waals surface area contributed by atoms with Gasteiger partial charge in [0.15, 0.2) is 0 Å². The Morgan fingerprint density at radius 3 is 2.50 bits per heavy atom. The van der Waals surface area contributed by atoms with E-state index in [1.54, 1.807) is 18.3 Å². The molecule has 5 nitrogen and oxygen atoms in total. The number of halogens is 2. The molecule has 0 bridgehead atoms. The molecule has 30 heavy (non-hydrogen) atoms. The molecule has 3 heterocycles. The molecule has 0 amide bonds. The summed E-state index contributed by atoms with van der Waals surface area (Å²) in [5.74, 6) is -1.44. The Morgan fingerprint density at radius 1 is 0.833 bits per heavy atom. The van der Waals surface area contributed by atoms with E-state index in [-0.39, 0.29) is 12.1 Å². The summed E-state index contributed by atoms with van der Waals surface area (Å²) in [6.45, 7) is -0.249. The molecule has 0 aliphatic heterocycles. The first-order chi connectivity index (χ1) is 14.6. The third-order valence-corrected chi connectivity index (χ3v) is 5.04. The lowest BCUT2D eigenvalue weighted by molar-refractivity contribution is 0.545. The van der Waals surface area contributed by atoms with Crippen LogP contribution in [-0.2, 0) is 6.54 Å². The van der Waals surface area contributed by atoms with Crippen molar-refractivity contribution >= 4 is 21.9 Å². The van der Waals surface area contributed by atoms with Gasteiger partial charge in [-0.15, -0.1) is 0 Å². The third-order valence-electron chi connectivity index (χ3n) is 5.04. The van der Waals surface area contributed by atoms with Crippen molar-refractivity contribution in [1.82, 2.24) is 19.5 Å². The highest BCUT2D eigenvalue weighted by atomic mass is 19.1. The van der Waals surface area contributed by atoms with Gasteiger partial charge >= 0.3 is 0 Å². The van der Waals surface area contributed by atoms with Crippen LogP contribution in [0, 0.1) is 11.6 Å². The predicted molar refractivity (Wildman–Crippen MR) is 110 cm³/mol. The van der Waals surface area contributed by atoms with Gasteiger partial charge in [0.2, 0.25) is 0 Å². The molecule has 5 aromatic rings. The number of hydrogen-bond acceptors (Lipinski definition) is 4. The van der Waals surface area contributed by atoms with Gasteiger partial charge < -0.3 is 4.57 Å². The Hall–Kier alpha value is -4.00. The average molecular weight is 400 g/mol. The van der Waals surface area contributed by atoms with Crippen LogP contribution in [0.15, 0.2) is 78.1 Å². The molecule has 0 atom stereocenters. The van der Waals surface area contributed by atoms with Gasteiger partial charge in [0.05, 0.1) is 30.0 Å². The Labute approximate surface area is 169 Å². The number of nitrogens with zero attached hydrogens (tertiary/aromatic N) is 4. The van der Waals surface area contributed by atoms with E-state index in [0.29, 0.717) is 22.2 Å². The smallest absolute Gasteiger partial charge is 0.269 e. The lowest BCUT2D eigenvalue weighted by atomic mass is 10.0. The molecule has 5 rings (SSSR count). The zero-order valence-corrected chi connectivity index (χ0v) is 15.6. The first-order valence-corrected chi connectivity index (χ1v) is 9.23. The van der Waals surface area contributed by atoms with Crippen LogP contribution >= 0.6 is 0 Å². The number of pyridine rings is 2. The number of fused-ring (bicyclic) bond motifs is 2. The molecule has 0 unspecified atom stereocenters. The summed E-state index contributed by atoms with van der Waals surface area (Å²) < 4.78 is 31.1. The average Bonchev–Trinajstić information content (AvgIpc) is 2.77. The molecule has 0 radical (unpaired) electrons. The first-order valence-electron chi connectivity index (χ1n) is 9.23. The zero-order valence-electron chi connectivity index (χ0n) is 15.6. The number of rotatable bonds is 3. The minimum absolute atomic E-state index is 0.187. The normalized spacial score (nSPS) is 11.3. The number of benzene rings is 2. The van der Waals surface area contributed by atoms with Gasteiger partial charge in [0.1, 0.15) is 17.2 Å². The van der Waals surface area contributed by atoms with Crippen molar-refractivity contribution in [1.29, 1.82) is 0 Å². The second kappa shape index (κ2) is 7.11. The first kappa shape index (κ1) is 18.1. The molecule has 2 aromatic carbocycles. The molecule has 0 fully saturated rings. The van der Waals surface area contributed by atoms with Crippen LogP contribution < -0.4 is 5.56 Å². The van der Waals surface area contributed by atoms with E-state index in [4.69, 9.17) is 0 Å². The summed E-state index contributed by atoms with van der Waals surface area (Å²) in [4.78, 5) is 24.5. The van der Waals surface area contributed by atoms with Gasteiger partial charge in [-0.2, -0.15) is 0 Å². The number of aromatic nitrogens is 4. The minimum atomic E-state index is -0.720. The van der Waals surface area contributed by atoms with Crippen molar-refractivity contribution in [2.75, 3.05) is 0 Å². The highest BCUT2D eigenvalue weighted by Gasteiger charge is 2.15. The fourth-order valence-corrected chi connectivity index (χ4v) is 3.52. The lowest BCUT2D eigenvalue weighted by Crippen LogP contribution is -2.22. The largest absolute Gasteiger partial charge is 0.301 e. The Kier molecular flexibility index (Phi) is 4.28. The van der Waals surface area contributed by atoms with Gasteiger partial charge in [-0.3, -0.25) is 14.8 Å². The minimum Gasteiger partial charge on any atom is -0.301 e. The Balaban J connectivity index is 1.58. The molecule has 0 spiro atoms. The van der Waals surface area contributed by atoms with Crippen LogP contribution in [0.5, 0.6) is 0 Å². The van der Waals surface area contributed by atoms with E-state index in [9.17, 15) is 13.6 Å². The van der Waals surface area contributed by atoms with E-state index < -0.39 is 17.2 Å². The highest BCUT2D eigenvalue weighted by Crippen LogP contribution is 2.27. The van der Waals surface area contributed by atoms with Crippen LogP contribution in [-0.4, -0.2) is 19.5 Å². The molecular formula is C23H14F2N4O. The van der Waals surface area contributed by atoms with Gasteiger partial charge in [0.25, 0.3) is 5.56 Å². The monoisotopic (exact) mass is 400 g/mol. The molecular weight excluding hydrogens is 386 g/mol. The molecule has 7 heteroatoms. The van der Waals surface area contributed by atoms with E-state index in [2.05, 4.69) is 15.0 Å². The molecule has 0 saturated carbocycles. The van der Waals surface area contributed by atoms with Crippen molar-refractivity contribution in [3.05, 3.63) is 101 Å².